The maximum absolute atomic E-state index is 3.89. The van der Waals surface area contributed by atoms with Crippen molar-refractivity contribution in [2.75, 3.05) is 0 Å². The van der Waals surface area contributed by atoms with Crippen LogP contribution in [0.3, 0.4) is 0 Å². The smallest absolute Gasteiger partial charge is 0.179 e. The highest BCUT2D eigenvalue weighted by Crippen LogP contribution is 2.27. The highest BCUT2D eigenvalue weighted by molar-refractivity contribution is 5.52. The Balaban J connectivity index is 3.14. The van der Waals surface area contributed by atoms with E-state index in [9.17, 15) is 0 Å². The van der Waals surface area contributed by atoms with Crippen molar-refractivity contribution >= 4 is 12.3 Å². The summed E-state index contributed by atoms with van der Waals surface area (Å²) < 4.78 is 1.52. The number of hydrogen-bond donors (Lipinski definition) is 0. The number of nitrogens with zero attached hydrogens (tertiary/aromatic N) is 4. The summed E-state index contributed by atoms with van der Waals surface area (Å²) in [5.74, 6) is 0.662. The van der Waals surface area contributed by atoms with Crippen LogP contribution in [0.5, 0.6) is 0 Å². The number of hydrogen-bond acceptors (Lipinski definition) is 3. The van der Waals surface area contributed by atoms with Crippen LogP contribution in [0, 0.1) is 5.41 Å². The van der Waals surface area contributed by atoms with E-state index >= 15 is 0 Å². The van der Waals surface area contributed by atoms with Crippen LogP contribution in [0.4, 0.5) is 0 Å². The highest BCUT2D eigenvalue weighted by atomic mass is 15.5. The maximum Gasteiger partial charge on any atom is 0.179 e. The molecule has 0 bridgehead atoms. The molecular formula is C11H16N4. The third-order valence-corrected chi connectivity index (χ3v) is 2.06. The van der Waals surface area contributed by atoms with Crippen molar-refractivity contribution in [1.82, 2.24) is 20.2 Å². The summed E-state index contributed by atoms with van der Waals surface area (Å²) in [5.41, 5.74) is 1.11. The lowest BCUT2D eigenvalue weighted by atomic mass is 9.86. The molecule has 1 rings (SSSR count). The molecule has 0 aliphatic carbocycles. The first-order valence-electron chi connectivity index (χ1n) is 4.74. The zero-order valence-electron chi connectivity index (χ0n) is 9.44. The van der Waals surface area contributed by atoms with Gasteiger partial charge in [-0.2, -0.15) is 0 Å². The van der Waals surface area contributed by atoms with E-state index in [1.54, 1.807) is 6.20 Å². The second kappa shape index (κ2) is 4.21. The Morgan fingerprint density at radius 2 is 2.00 bits per heavy atom. The van der Waals surface area contributed by atoms with Crippen molar-refractivity contribution in [3.63, 3.8) is 0 Å². The molecule has 4 heteroatoms. The van der Waals surface area contributed by atoms with E-state index in [1.807, 2.05) is 12.2 Å². The molecule has 1 aromatic rings. The van der Waals surface area contributed by atoms with E-state index in [-0.39, 0.29) is 5.41 Å². The van der Waals surface area contributed by atoms with Gasteiger partial charge in [-0.15, -0.1) is 5.10 Å². The van der Waals surface area contributed by atoms with Crippen molar-refractivity contribution in [3.05, 3.63) is 30.6 Å². The maximum atomic E-state index is 3.89. The molecule has 0 aliphatic rings. The van der Waals surface area contributed by atoms with Gasteiger partial charge < -0.3 is 0 Å². The monoisotopic (exact) mass is 204 g/mol. The fourth-order valence-corrected chi connectivity index (χ4v) is 1.15. The molecule has 0 amide bonds. The van der Waals surface area contributed by atoms with E-state index in [0.29, 0.717) is 5.82 Å². The first kappa shape index (κ1) is 11.4. The van der Waals surface area contributed by atoms with E-state index in [4.69, 9.17) is 0 Å². The summed E-state index contributed by atoms with van der Waals surface area (Å²) in [4.78, 5) is 0. The summed E-state index contributed by atoms with van der Waals surface area (Å²) >= 11 is 0. The second-order valence-corrected chi connectivity index (χ2v) is 4.22. The third kappa shape index (κ3) is 2.62. The molecule has 0 aromatic carbocycles. The van der Waals surface area contributed by atoms with Gasteiger partial charge in [0, 0.05) is 6.20 Å². The fraction of sp³-hybridized carbons (Fsp3) is 0.364. The minimum Gasteiger partial charge on any atom is -0.201 e. The molecule has 15 heavy (non-hydrogen) atoms. The van der Waals surface area contributed by atoms with Gasteiger partial charge in [-0.1, -0.05) is 40.0 Å². The lowest BCUT2D eigenvalue weighted by Crippen LogP contribution is -2.07. The van der Waals surface area contributed by atoms with Gasteiger partial charge in [0.1, 0.15) is 0 Å². The van der Waals surface area contributed by atoms with Gasteiger partial charge in [-0.25, -0.2) is 4.68 Å². The van der Waals surface area contributed by atoms with Crippen molar-refractivity contribution in [2.24, 2.45) is 5.41 Å². The summed E-state index contributed by atoms with van der Waals surface area (Å²) in [6.07, 6.45) is 5.30. The molecule has 0 atom stereocenters. The van der Waals surface area contributed by atoms with Gasteiger partial charge in [-0.05, 0) is 27.5 Å². The predicted octanol–water partition coefficient (Wildman–Crippen LogP) is 2.39. The van der Waals surface area contributed by atoms with Gasteiger partial charge in [0.25, 0.3) is 0 Å². The summed E-state index contributed by atoms with van der Waals surface area (Å²) in [6, 6.07) is 0. The molecule has 0 saturated heterocycles. The summed E-state index contributed by atoms with van der Waals surface area (Å²) in [7, 11) is 0. The van der Waals surface area contributed by atoms with E-state index in [0.717, 1.165) is 5.57 Å². The lowest BCUT2D eigenvalue weighted by molar-refractivity contribution is 0.520. The van der Waals surface area contributed by atoms with Crippen LogP contribution in [0.15, 0.2) is 24.8 Å². The Bertz CT molecular complexity index is 393. The molecule has 0 unspecified atom stereocenters. The van der Waals surface area contributed by atoms with Crippen molar-refractivity contribution in [1.29, 1.82) is 0 Å². The Labute approximate surface area is 90.0 Å². The van der Waals surface area contributed by atoms with Crippen LogP contribution < -0.4 is 0 Å². The molecule has 0 saturated carbocycles. The van der Waals surface area contributed by atoms with Crippen LogP contribution in [-0.2, 0) is 0 Å². The Hall–Kier alpha value is -1.71. The molecule has 4 nitrogen and oxygen atoms in total. The third-order valence-electron chi connectivity index (χ3n) is 2.06. The second-order valence-electron chi connectivity index (χ2n) is 4.22. The number of aromatic nitrogens is 4. The minimum atomic E-state index is 0.0275. The molecule has 80 valence electrons. The average molecular weight is 204 g/mol. The number of rotatable bonds is 3. The van der Waals surface area contributed by atoms with E-state index in [1.165, 1.54) is 4.68 Å². The van der Waals surface area contributed by atoms with Crippen LogP contribution in [0.25, 0.3) is 12.3 Å². The zero-order valence-corrected chi connectivity index (χ0v) is 9.44. The topological polar surface area (TPSA) is 43.6 Å². The van der Waals surface area contributed by atoms with Crippen LogP contribution in [-0.4, -0.2) is 20.2 Å². The van der Waals surface area contributed by atoms with Gasteiger partial charge in [0.15, 0.2) is 5.82 Å². The largest absolute Gasteiger partial charge is 0.201 e. The summed E-state index contributed by atoms with van der Waals surface area (Å²) in [6.45, 7) is 13.8. The quantitative estimate of drug-likeness (QED) is 0.710. The van der Waals surface area contributed by atoms with Crippen LogP contribution in [0.1, 0.15) is 26.6 Å². The van der Waals surface area contributed by atoms with E-state index in [2.05, 4.69) is 49.5 Å². The Kier molecular flexibility index (Phi) is 3.19. The molecule has 0 aliphatic heterocycles. The molecular weight excluding hydrogens is 188 g/mol. The molecule has 0 radical (unpaired) electrons. The Morgan fingerprint density at radius 3 is 2.47 bits per heavy atom. The van der Waals surface area contributed by atoms with Gasteiger partial charge in [0.2, 0.25) is 0 Å². The fourth-order valence-electron chi connectivity index (χ4n) is 1.15. The van der Waals surface area contributed by atoms with Crippen molar-refractivity contribution < 1.29 is 0 Å². The normalized spacial score (nSPS) is 12.6. The molecule has 0 spiro atoms. The minimum absolute atomic E-state index is 0.0275. The first-order chi connectivity index (χ1) is 6.99. The highest BCUT2D eigenvalue weighted by Gasteiger charge is 2.15. The zero-order chi connectivity index (χ0) is 11.5. The van der Waals surface area contributed by atoms with Crippen LogP contribution >= 0.6 is 0 Å². The van der Waals surface area contributed by atoms with Gasteiger partial charge in [0.05, 0.1) is 0 Å². The van der Waals surface area contributed by atoms with E-state index < -0.39 is 0 Å². The lowest BCUT2D eigenvalue weighted by Gasteiger charge is -2.19. The average Bonchev–Trinajstić information content (AvgIpc) is 2.59. The van der Waals surface area contributed by atoms with Crippen molar-refractivity contribution in [2.45, 2.75) is 20.8 Å². The van der Waals surface area contributed by atoms with Gasteiger partial charge >= 0.3 is 0 Å². The molecule has 0 fully saturated rings. The molecule has 0 N–H and O–H groups in total. The summed E-state index contributed by atoms with van der Waals surface area (Å²) in [5, 5.41) is 11.2. The molecule has 1 heterocycles. The standard InChI is InChI=1S/C11H16N4/c1-6-9(11(3,4)5)8-10-12-13-14-15(10)7-2/h6-8H,1-2H2,3-5H3/b9-8+. The SMILES string of the molecule is C=C/C(=C\c1nnnn1C=C)C(C)(C)C. The Morgan fingerprint density at radius 1 is 1.33 bits per heavy atom. The van der Waals surface area contributed by atoms with Crippen molar-refractivity contribution in [3.8, 4) is 0 Å². The molecule has 1 aromatic heterocycles. The number of allylic oxidation sites excluding steroid dienone is 2. The number of tetrazole rings is 1. The predicted molar refractivity (Wildman–Crippen MR) is 61.8 cm³/mol. The van der Waals surface area contributed by atoms with Crippen LogP contribution in [0.2, 0.25) is 0 Å². The first-order valence-corrected chi connectivity index (χ1v) is 4.74. The van der Waals surface area contributed by atoms with Gasteiger partial charge in [-0.3, -0.25) is 0 Å².